The van der Waals surface area contributed by atoms with Crippen LogP contribution in [0.25, 0.3) is 16.9 Å². The van der Waals surface area contributed by atoms with Crippen molar-refractivity contribution in [3.8, 4) is 16.9 Å². The van der Waals surface area contributed by atoms with Crippen molar-refractivity contribution in [2.75, 3.05) is 6.61 Å². The number of guanidine groups is 1. The van der Waals surface area contributed by atoms with Crippen LogP contribution in [-0.2, 0) is 25.4 Å². The first-order valence-electron chi connectivity index (χ1n) is 17.8. The number of nitrogens with zero attached hydrogens (tertiary/aromatic N) is 8. The third-order valence-corrected chi connectivity index (χ3v) is 10.3. The molecule has 2 N–H and O–H groups in total. The van der Waals surface area contributed by atoms with Crippen LogP contribution in [0, 0.1) is 10.8 Å². The molecule has 17 heteroatoms. The fourth-order valence-electron chi connectivity index (χ4n) is 6.93. The number of aromatic nitrogens is 6. The molecule has 2 aromatic heterocycles. The molecule has 6 rings (SSSR count). The quantitative estimate of drug-likeness (QED) is 0.113. The molecule has 1 aliphatic carbocycles. The highest BCUT2D eigenvalue weighted by Crippen LogP contribution is 2.59. The minimum absolute atomic E-state index is 0.00736. The van der Waals surface area contributed by atoms with Crippen molar-refractivity contribution < 1.29 is 31.9 Å². The first-order valence-corrected chi connectivity index (χ1v) is 18.2. The molecule has 4 aromatic rings. The lowest BCUT2D eigenvalue weighted by molar-refractivity contribution is -0.153. The van der Waals surface area contributed by atoms with Crippen molar-refractivity contribution >= 4 is 29.4 Å². The van der Waals surface area contributed by atoms with Gasteiger partial charge in [0, 0.05) is 11.0 Å². The van der Waals surface area contributed by atoms with Gasteiger partial charge in [0.25, 0.3) is 18.3 Å². The standard InChI is InChI=1S/C38H44ClF4N9O3/c1-34(2,3)20-38(24-11-8-22(9-12-24)26-18-46-52(49-26)35(4,5)6)32(54)50(33(44)48-38)28(19-55-29(53)17-37(14-15-37)36(7,42)43)23-10-13-25(39)27(16-23)51-31(30(40)41)45-21-47-51/h8-13,16,18,21,28,30H,14-15,17,19-20H2,1-7H3,(H2,44,48)/t28-,38-/m1/s1. The number of ether oxygens (including phenoxy) is 1. The highest BCUT2D eigenvalue weighted by molar-refractivity contribution is 6.32. The van der Waals surface area contributed by atoms with Crippen LogP contribution in [0.2, 0.25) is 5.02 Å². The maximum Gasteiger partial charge on any atom is 0.306 e. The first-order chi connectivity index (χ1) is 25.5. The summed E-state index contributed by atoms with van der Waals surface area (Å²) in [6.45, 7) is 12.1. The Morgan fingerprint density at radius 2 is 1.69 bits per heavy atom. The lowest BCUT2D eigenvalue weighted by Gasteiger charge is -2.35. The Labute approximate surface area is 321 Å². The number of hydrogen-bond acceptors (Lipinski definition) is 9. The highest BCUT2D eigenvalue weighted by Gasteiger charge is 2.60. The molecule has 1 aliphatic heterocycles. The van der Waals surface area contributed by atoms with E-state index in [0.717, 1.165) is 23.5 Å². The number of halogens is 5. The molecule has 2 aliphatic rings. The predicted molar refractivity (Wildman–Crippen MR) is 197 cm³/mol. The number of esters is 1. The van der Waals surface area contributed by atoms with Gasteiger partial charge in [-0.15, -0.1) is 0 Å². The van der Waals surface area contributed by atoms with Crippen LogP contribution in [0.1, 0.15) is 104 Å². The Hall–Kier alpha value is -4.86. The molecule has 0 bridgehead atoms. The number of amides is 1. The maximum atomic E-state index is 15.1. The second-order valence-electron chi connectivity index (χ2n) is 16.6. The van der Waals surface area contributed by atoms with Gasteiger partial charge in [-0.3, -0.25) is 14.5 Å². The lowest BCUT2D eigenvalue weighted by atomic mass is 9.75. The van der Waals surface area contributed by atoms with Gasteiger partial charge in [0.2, 0.25) is 0 Å². The van der Waals surface area contributed by atoms with E-state index in [1.165, 1.54) is 23.1 Å². The van der Waals surface area contributed by atoms with Gasteiger partial charge in [-0.1, -0.05) is 62.7 Å². The first kappa shape index (κ1) is 39.8. The smallest absolute Gasteiger partial charge is 0.306 e. The summed E-state index contributed by atoms with van der Waals surface area (Å²) in [5.74, 6) is -5.42. The normalized spacial score (nSPS) is 19.2. The summed E-state index contributed by atoms with van der Waals surface area (Å²) in [6.07, 6.45) is -0.393. The second kappa shape index (κ2) is 14.0. The van der Waals surface area contributed by atoms with Crippen molar-refractivity contribution in [2.45, 2.75) is 104 Å². The van der Waals surface area contributed by atoms with E-state index in [-0.39, 0.29) is 47.0 Å². The van der Waals surface area contributed by atoms with E-state index >= 15 is 4.79 Å². The molecule has 1 amide bonds. The zero-order chi connectivity index (χ0) is 40.3. The summed E-state index contributed by atoms with van der Waals surface area (Å²) in [7, 11) is 0. The van der Waals surface area contributed by atoms with Gasteiger partial charge in [0.1, 0.15) is 18.6 Å². The molecule has 0 radical (unpaired) electrons. The van der Waals surface area contributed by atoms with Crippen molar-refractivity contribution in [1.82, 2.24) is 34.7 Å². The summed E-state index contributed by atoms with van der Waals surface area (Å²) < 4.78 is 63.1. The molecule has 0 spiro atoms. The molecule has 294 valence electrons. The largest absolute Gasteiger partial charge is 0.463 e. The Morgan fingerprint density at radius 1 is 1.02 bits per heavy atom. The van der Waals surface area contributed by atoms with Crippen LogP contribution in [0.3, 0.4) is 0 Å². The third-order valence-electron chi connectivity index (χ3n) is 9.99. The average Bonchev–Trinajstić information content (AvgIpc) is 3.40. The summed E-state index contributed by atoms with van der Waals surface area (Å²) in [5.41, 5.74) is 4.97. The highest BCUT2D eigenvalue weighted by atomic mass is 35.5. The lowest BCUT2D eigenvalue weighted by Crippen LogP contribution is -2.47. The van der Waals surface area contributed by atoms with Crippen LogP contribution in [0.4, 0.5) is 17.6 Å². The molecule has 1 saturated carbocycles. The summed E-state index contributed by atoms with van der Waals surface area (Å²) >= 11 is 6.49. The maximum absolute atomic E-state index is 15.1. The van der Waals surface area contributed by atoms with Gasteiger partial charge < -0.3 is 10.5 Å². The second-order valence-corrected chi connectivity index (χ2v) is 17.0. The monoisotopic (exact) mass is 785 g/mol. The number of rotatable bonds is 12. The molecule has 0 unspecified atom stereocenters. The average molecular weight is 786 g/mol. The SMILES string of the molecule is CC(C)(C)C[C@]1(c2ccc(-c3cnn(C(C)(C)C)n3)cc2)N=C(N)N([C@H](COC(=O)CC2(C(C)(F)F)CC2)c2ccc(Cl)c(-n3ncnc3C(F)F)c2)C1=O. The van der Waals surface area contributed by atoms with Gasteiger partial charge in [-0.2, -0.15) is 20.1 Å². The number of benzene rings is 2. The molecule has 0 saturated heterocycles. The molecule has 55 heavy (non-hydrogen) atoms. The van der Waals surface area contributed by atoms with E-state index in [0.29, 0.717) is 11.3 Å². The topological polar surface area (TPSA) is 146 Å². The van der Waals surface area contributed by atoms with Crippen LogP contribution >= 0.6 is 11.6 Å². The van der Waals surface area contributed by atoms with E-state index in [2.05, 4.69) is 20.3 Å². The number of carbonyl (C=O) groups excluding carboxylic acids is 2. The van der Waals surface area contributed by atoms with Gasteiger partial charge in [-0.25, -0.2) is 32.2 Å². The van der Waals surface area contributed by atoms with Crippen LogP contribution in [0.15, 0.2) is 60.0 Å². The Morgan fingerprint density at radius 3 is 2.25 bits per heavy atom. The molecule has 2 aromatic carbocycles. The van der Waals surface area contributed by atoms with Crippen LogP contribution in [-0.4, -0.2) is 65.0 Å². The van der Waals surface area contributed by atoms with Crippen LogP contribution in [0.5, 0.6) is 0 Å². The third kappa shape index (κ3) is 7.82. The fraction of sp³-hybridized carbons (Fsp3) is 0.500. The number of aliphatic imine (C=N–C) groups is 1. The summed E-state index contributed by atoms with van der Waals surface area (Å²) in [6, 6.07) is 10.4. The number of alkyl halides is 4. The zero-order valence-corrected chi connectivity index (χ0v) is 32.4. The Kier molecular flexibility index (Phi) is 10.1. The minimum atomic E-state index is -3.11. The van der Waals surface area contributed by atoms with Crippen molar-refractivity contribution in [3.63, 3.8) is 0 Å². The molecule has 12 nitrogen and oxygen atoms in total. The molecular weight excluding hydrogens is 742 g/mol. The van der Waals surface area contributed by atoms with E-state index in [9.17, 15) is 22.4 Å². The number of nitrogens with two attached hydrogens (primary N) is 1. The van der Waals surface area contributed by atoms with E-state index < -0.39 is 65.5 Å². The molecular formula is C38H44ClF4N9O3. The fourth-order valence-corrected chi connectivity index (χ4v) is 7.13. The van der Waals surface area contributed by atoms with Gasteiger partial charge >= 0.3 is 5.97 Å². The summed E-state index contributed by atoms with van der Waals surface area (Å²) in [5, 5.41) is 13.0. The van der Waals surface area contributed by atoms with Crippen molar-refractivity contribution in [3.05, 3.63) is 77.0 Å². The molecule has 1 fully saturated rings. The van der Waals surface area contributed by atoms with Crippen molar-refractivity contribution in [2.24, 2.45) is 21.6 Å². The van der Waals surface area contributed by atoms with E-state index in [1.807, 2.05) is 53.7 Å². The van der Waals surface area contributed by atoms with Gasteiger partial charge in [0.05, 0.1) is 34.9 Å². The zero-order valence-electron chi connectivity index (χ0n) is 31.7. The Bertz CT molecular complexity index is 2110. The van der Waals surface area contributed by atoms with Gasteiger partial charge in [-0.05, 0) is 75.6 Å². The van der Waals surface area contributed by atoms with Gasteiger partial charge in [0.15, 0.2) is 17.3 Å². The van der Waals surface area contributed by atoms with Crippen molar-refractivity contribution in [1.29, 1.82) is 0 Å². The van der Waals surface area contributed by atoms with E-state index in [4.69, 9.17) is 27.1 Å². The minimum Gasteiger partial charge on any atom is -0.463 e. The molecule has 2 atom stereocenters. The molecule has 3 heterocycles. The van der Waals surface area contributed by atoms with E-state index in [1.54, 1.807) is 23.1 Å². The Balaban J connectivity index is 1.40. The number of hydrogen-bond donors (Lipinski definition) is 1. The van der Waals surface area contributed by atoms with Crippen LogP contribution < -0.4 is 5.73 Å². The predicted octanol–water partition coefficient (Wildman–Crippen LogP) is 7.77. The number of carbonyl (C=O) groups is 2. The summed E-state index contributed by atoms with van der Waals surface area (Å²) in [4.78, 5) is 39.5.